The van der Waals surface area contributed by atoms with Crippen LogP contribution in [0.5, 0.6) is 0 Å². The predicted molar refractivity (Wildman–Crippen MR) is 121 cm³/mol. The summed E-state index contributed by atoms with van der Waals surface area (Å²) < 4.78 is 0. The van der Waals surface area contributed by atoms with Crippen molar-refractivity contribution in [3.8, 4) is 0 Å². The monoisotopic (exact) mass is 392 g/mol. The van der Waals surface area contributed by atoms with Gasteiger partial charge in [-0.05, 0) is 90.0 Å². The van der Waals surface area contributed by atoms with Crippen LogP contribution in [0.1, 0.15) is 60.3 Å². The zero-order valence-electron chi connectivity index (χ0n) is 19.8. The third kappa shape index (κ3) is 6.68. The minimum atomic E-state index is 0.326. The molecular weight excluding hydrogens is 344 g/mol. The standard InChI is InChI=1S/C24H48N4/c1-23(2,3)19-26-13-9-22(10-14-26)18-28-16-15-27(20-24(28,4)5)17-21-7-11-25(6)12-8-21/h21-22H,7-20H2,1-6H3. The molecule has 4 heteroatoms. The van der Waals surface area contributed by atoms with E-state index in [1.165, 1.54) is 91.1 Å². The molecule has 3 rings (SSSR count). The summed E-state index contributed by atoms with van der Waals surface area (Å²) in [7, 11) is 2.27. The number of piperazine rings is 1. The third-order valence-corrected chi connectivity index (χ3v) is 7.39. The molecule has 28 heavy (non-hydrogen) atoms. The van der Waals surface area contributed by atoms with Crippen molar-refractivity contribution in [3.05, 3.63) is 0 Å². The van der Waals surface area contributed by atoms with Gasteiger partial charge in [0.2, 0.25) is 0 Å². The summed E-state index contributed by atoms with van der Waals surface area (Å²) in [6.07, 6.45) is 5.57. The van der Waals surface area contributed by atoms with E-state index in [2.05, 4.69) is 61.3 Å². The molecule has 0 atom stereocenters. The van der Waals surface area contributed by atoms with Crippen molar-refractivity contribution < 1.29 is 0 Å². The fourth-order valence-corrected chi connectivity index (χ4v) is 5.70. The Morgan fingerprint density at radius 1 is 0.750 bits per heavy atom. The van der Waals surface area contributed by atoms with Crippen molar-refractivity contribution in [3.63, 3.8) is 0 Å². The minimum absolute atomic E-state index is 0.326. The fraction of sp³-hybridized carbons (Fsp3) is 1.00. The van der Waals surface area contributed by atoms with Gasteiger partial charge in [-0.15, -0.1) is 0 Å². The van der Waals surface area contributed by atoms with Gasteiger partial charge in [-0.25, -0.2) is 0 Å². The zero-order chi connectivity index (χ0) is 20.4. The van der Waals surface area contributed by atoms with E-state index in [1.807, 2.05) is 0 Å². The Kier molecular flexibility index (Phi) is 7.50. The molecule has 164 valence electrons. The molecule has 0 aliphatic carbocycles. The maximum Gasteiger partial charge on any atom is 0.0280 e. The molecule has 0 aromatic heterocycles. The van der Waals surface area contributed by atoms with Gasteiger partial charge in [-0.3, -0.25) is 9.80 Å². The fourth-order valence-electron chi connectivity index (χ4n) is 5.70. The number of hydrogen-bond donors (Lipinski definition) is 0. The summed E-state index contributed by atoms with van der Waals surface area (Å²) in [5, 5.41) is 0. The molecule has 0 N–H and O–H groups in total. The van der Waals surface area contributed by atoms with Crippen molar-refractivity contribution >= 4 is 0 Å². The second-order valence-corrected chi connectivity index (χ2v) is 12.0. The van der Waals surface area contributed by atoms with Crippen molar-refractivity contribution in [2.24, 2.45) is 17.3 Å². The lowest BCUT2D eigenvalue weighted by Gasteiger charge is -2.50. The van der Waals surface area contributed by atoms with Gasteiger partial charge < -0.3 is 9.80 Å². The Morgan fingerprint density at radius 3 is 1.89 bits per heavy atom. The van der Waals surface area contributed by atoms with Gasteiger partial charge in [0, 0.05) is 44.8 Å². The van der Waals surface area contributed by atoms with E-state index in [4.69, 9.17) is 0 Å². The van der Waals surface area contributed by atoms with Gasteiger partial charge in [-0.2, -0.15) is 0 Å². The number of piperidine rings is 2. The van der Waals surface area contributed by atoms with E-state index < -0.39 is 0 Å². The molecule has 0 spiro atoms. The van der Waals surface area contributed by atoms with Crippen LogP contribution in [-0.4, -0.2) is 97.6 Å². The topological polar surface area (TPSA) is 13.0 Å². The lowest BCUT2D eigenvalue weighted by atomic mass is 9.89. The number of nitrogens with zero attached hydrogens (tertiary/aromatic N) is 4. The first kappa shape index (κ1) is 22.5. The molecule has 0 radical (unpaired) electrons. The molecular formula is C24H48N4. The van der Waals surface area contributed by atoms with E-state index in [1.54, 1.807) is 0 Å². The third-order valence-electron chi connectivity index (χ3n) is 7.39. The van der Waals surface area contributed by atoms with Gasteiger partial charge in [-0.1, -0.05) is 20.8 Å². The van der Waals surface area contributed by atoms with E-state index in [0.717, 1.165) is 11.8 Å². The van der Waals surface area contributed by atoms with Gasteiger partial charge >= 0.3 is 0 Å². The number of likely N-dealkylation sites (tertiary alicyclic amines) is 2. The molecule has 0 aromatic carbocycles. The Hall–Kier alpha value is -0.160. The Morgan fingerprint density at radius 2 is 1.32 bits per heavy atom. The number of rotatable bonds is 5. The summed E-state index contributed by atoms with van der Waals surface area (Å²) in [6, 6.07) is 0. The van der Waals surface area contributed by atoms with Crippen LogP contribution in [0.3, 0.4) is 0 Å². The average molecular weight is 393 g/mol. The van der Waals surface area contributed by atoms with Crippen LogP contribution < -0.4 is 0 Å². The molecule has 3 saturated heterocycles. The van der Waals surface area contributed by atoms with Crippen LogP contribution in [0.2, 0.25) is 0 Å². The maximum absolute atomic E-state index is 2.82. The Labute approximate surface area is 175 Å². The van der Waals surface area contributed by atoms with Crippen LogP contribution in [0.4, 0.5) is 0 Å². The first-order valence-electron chi connectivity index (χ1n) is 12.0. The van der Waals surface area contributed by atoms with Gasteiger partial charge in [0.15, 0.2) is 0 Å². The van der Waals surface area contributed by atoms with Crippen molar-refractivity contribution in [2.45, 2.75) is 65.8 Å². The summed E-state index contributed by atoms with van der Waals surface area (Å²) in [6.45, 7) is 25.0. The maximum atomic E-state index is 2.82. The van der Waals surface area contributed by atoms with Crippen LogP contribution in [0.15, 0.2) is 0 Å². The zero-order valence-corrected chi connectivity index (χ0v) is 19.8. The van der Waals surface area contributed by atoms with E-state index >= 15 is 0 Å². The molecule has 4 nitrogen and oxygen atoms in total. The molecule has 0 saturated carbocycles. The molecule has 3 heterocycles. The average Bonchev–Trinajstić information content (AvgIpc) is 2.59. The first-order valence-corrected chi connectivity index (χ1v) is 12.0. The highest BCUT2D eigenvalue weighted by Gasteiger charge is 2.36. The quantitative estimate of drug-likeness (QED) is 0.710. The van der Waals surface area contributed by atoms with Crippen molar-refractivity contribution in [2.75, 3.05) is 72.5 Å². The molecule has 0 aromatic rings. The van der Waals surface area contributed by atoms with E-state index in [0.29, 0.717) is 11.0 Å². The van der Waals surface area contributed by atoms with Crippen molar-refractivity contribution in [1.29, 1.82) is 0 Å². The second kappa shape index (κ2) is 9.32. The van der Waals surface area contributed by atoms with E-state index in [-0.39, 0.29) is 0 Å². The van der Waals surface area contributed by atoms with Crippen LogP contribution in [0, 0.1) is 17.3 Å². The van der Waals surface area contributed by atoms with E-state index in [9.17, 15) is 0 Å². The predicted octanol–water partition coefficient (Wildman–Crippen LogP) is 3.48. The molecule has 3 fully saturated rings. The van der Waals surface area contributed by atoms with Crippen LogP contribution in [0.25, 0.3) is 0 Å². The van der Waals surface area contributed by atoms with Crippen LogP contribution in [-0.2, 0) is 0 Å². The minimum Gasteiger partial charge on any atom is -0.306 e. The summed E-state index contributed by atoms with van der Waals surface area (Å²) in [4.78, 5) is 10.8. The van der Waals surface area contributed by atoms with Gasteiger partial charge in [0.05, 0.1) is 0 Å². The van der Waals surface area contributed by atoms with Crippen molar-refractivity contribution in [1.82, 2.24) is 19.6 Å². The highest BCUT2D eigenvalue weighted by Crippen LogP contribution is 2.28. The molecule has 0 bridgehead atoms. The Balaban J connectivity index is 1.41. The Bertz CT molecular complexity index is 467. The highest BCUT2D eigenvalue weighted by atomic mass is 15.3. The summed E-state index contributed by atoms with van der Waals surface area (Å²) in [5.74, 6) is 1.82. The van der Waals surface area contributed by atoms with Gasteiger partial charge in [0.1, 0.15) is 0 Å². The highest BCUT2D eigenvalue weighted by molar-refractivity contribution is 4.92. The number of hydrogen-bond acceptors (Lipinski definition) is 4. The molecule has 0 unspecified atom stereocenters. The summed E-state index contributed by atoms with van der Waals surface area (Å²) >= 11 is 0. The molecule has 3 aliphatic heterocycles. The molecule has 0 amide bonds. The smallest absolute Gasteiger partial charge is 0.0280 e. The first-order chi connectivity index (χ1) is 13.1. The van der Waals surface area contributed by atoms with Gasteiger partial charge in [0.25, 0.3) is 0 Å². The molecule has 3 aliphatic rings. The second-order valence-electron chi connectivity index (χ2n) is 12.0. The SMILES string of the molecule is CN1CCC(CN2CCN(CC3CCN(CC(C)(C)C)CC3)C(C)(C)C2)CC1. The summed E-state index contributed by atoms with van der Waals surface area (Å²) in [5.41, 5.74) is 0.755. The normalized spacial score (nSPS) is 28.1. The van der Waals surface area contributed by atoms with Crippen LogP contribution >= 0.6 is 0 Å². The lowest BCUT2D eigenvalue weighted by molar-refractivity contribution is -0.00761. The largest absolute Gasteiger partial charge is 0.306 e. The lowest BCUT2D eigenvalue weighted by Crippen LogP contribution is -2.61.